The van der Waals surface area contributed by atoms with Gasteiger partial charge in [-0.05, 0) is 30.7 Å². The molecule has 0 amide bonds. The summed E-state index contributed by atoms with van der Waals surface area (Å²) in [5.74, 6) is 0.960. The van der Waals surface area contributed by atoms with Crippen LogP contribution in [-0.4, -0.2) is 32.9 Å². The summed E-state index contributed by atoms with van der Waals surface area (Å²) in [6.07, 6.45) is 1.98. The van der Waals surface area contributed by atoms with Gasteiger partial charge in [0.15, 0.2) is 0 Å². The topological polar surface area (TPSA) is 30.5 Å². The van der Waals surface area contributed by atoms with Crippen LogP contribution in [-0.2, 0) is 11.2 Å². The third kappa shape index (κ3) is 6.62. The van der Waals surface area contributed by atoms with Crippen LogP contribution in [0.4, 0.5) is 0 Å². The molecule has 0 saturated carbocycles. The van der Waals surface area contributed by atoms with Crippen LogP contribution in [0.3, 0.4) is 0 Å². The Bertz CT molecular complexity index is 315. The maximum atomic E-state index is 5.68. The van der Waals surface area contributed by atoms with Crippen molar-refractivity contribution in [2.75, 3.05) is 32.9 Å². The Morgan fingerprint density at radius 1 is 1.11 bits per heavy atom. The monoisotopic (exact) mass is 251 g/mol. The van der Waals surface area contributed by atoms with Crippen LogP contribution in [0, 0.1) is 0 Å². The van der Waals surface area contributed by atoms with Crippen LogP contribution < -0.4 is 10.1 Å². The summed E-state index contributed by atoms with van der Waals surface area (Å²) >= 11 is 0. The van der Waals surface area contributed by atoms with Gasteiger partial charge in [-0.3, -0.25) is 0 Å². The lowest BCUT2D eigenvalue weighted by molar-refractivity contribution is 0.121. The summed E-state index contributed by atoms with van der Waals surface area (Å²) in [4.78, 5) is 0. The number of ether oxygens (including phenoxy) is 2. The van der Waals surface area contributed by atoms with Gasteiger partial charge in [0, 0.05) is 19.6 Å². The predicted molar refractivity (Wildman–Crippen MR) is 75.3 cm³/mol. The average molecular weight is 251 g/mol. The van der Waals surface area contributed by atoms with E-state index in [0.717, 1.165) is 44.9 Å². The van der Waals surface area contributed by atoms with Crippen molar-refractivity contribution in [3.05, 3.63) is 29.8 Å². The first-order valence-corrected chi connectivity index (χ1v) is 6.87. The lowest BCUT2D eigenvalue weighted by atomic mass is 10.2. The van der Waals surface area contributed by atoms with E-state index in [9.17, 15) is 0 Å². The zero-order valence-corrected chi connectivity index (χ0v) is 11.6. The van der Waals surface area contributed by atoms with E-state index in [-0.39, 0.29) is 0 Å². The predicted octanol–water partition coefficient (Wildman–Crippen LogP) is 2.64. The second-order valence-corrected chi connectivity index (χ2v) is 4.17. The van der Waals surface area contributed by atoms with Crippen molar-refractivity contribution in [2.45, 2.75) is 26.7 Å². The fourth-order valence-electron chi connectivity index (χ4n) is 1.63. The van der Waals surface area contributed by atoms with Crippen molar-refractivity contribution >= 4 is 0 Å². The van der Waals surface area contributed by atoms with Crippen LogP contribution >= 0.6 is 0 Å². The molecule has 0 aliphatic heterocycles. The number of hydrogen-bond donors (Lipinski definition) is 1. The molecule has 1 N–H and O–H groups in total. The van der Waals surface area contributed by atoms with Crippen LogP contribution in [0.25, 0.3) is 0 Å². The molecule has 1 aromatic carbocycles. The van der Waals surface area contributed by atoms with Gasteiger partial charge in [0.05, 0.1) is 13.2 Å². The highest BCUT2D eigenvalue weighted by Crippen LogP contribution is 2.13. The number of nitrogens with one attached hydrogen (secondary N) is 1. The van der Waals surface area contributed by atoms with E-state index in [4.69, 9.17) is 9.47 Å². The van der Waals surface area contributed by atoms with Crippen molar-refractivity contribution < 1.29 is 9.47 Å². The smallest absolute Gasteiger partial charge is 0.119 e. The Balaban J connectivity index is 2.03. The number of aryl methyl sites for hydroxylation is 1. The van der Waals surface area contributed by atoms with Gasteiger partial charge in [0.25, 0.3) is 0 Å². The Labute approximate surface area is 110 Å². The summed E-state index contributed by atoms with van der Waals surface area (Å²) in [7, 11) is 0. The van der Waals surface area contributed by atoms with E-state index in [0.29, 0.717) is 6.61 Å². The molecule has 102 valence electrons. The minimum Gasteiger partial charge on any atom is -0.493 e. The van der Waals surface area contributed by atoms with Crippen molar-refractivity contribution in [2.24, 2.45) is 0 Å². The molecule has 0 aliphatic carbocycles. The third-order valence-corrected chi connectivity index (χ3v) is 2.68. The van der Waals surface area contributed by atoms with Crippen molar-refractivity contribution in [1.29, 1.82) is 0 Å². The molecule has 0 unspecified atom stereocenters. The van der Waals surface area contributed by atoms with Gasteiger partial charge in [0.1, 0.15) is 5.75 Å². The zero-order chi connectivity index (χ0) is 13.1. The van der Waals surface area contributed by atoms with Crippen molar-refractivity contribution in [1.82, 2.24) is 5.32 Å². The molecule has 0 saturated heterocycles. The first-order valence-electron chi connectivity index (χ1n) is 6.87. The standard InChI is InChI=1S/C15H25NO2/c1-3-14-7-5-8-15(13-14)18-11-6-10-17-12-9-16-4-2/h5,7-8,13,16H,3-4,6,9-12H2,1-2H3. The van der Waals surface area contributed by atoms with E-state index in [1.807, 2.05) is 12.1 Å². The third-order valence-electron chi connectivity index (χ3n) is 2.68. The van der Waals surface area contributed by atoms with Gasteiger partial charge in [-0.1, -0.05) is 26.0 Å². The van der Waals surface area contributed by atoms with Crippen molar-refractivity contribution in [3.63, 3.8) is 0 Å². The second-order valence-electron chi connectivity index (χ2n) is 4.17. The molecule has 0 aliphatic rings. The number of likely N-dealkylation sites (N-methyl/N-ethyl adjacent to an activating group) is 1. The van der Waals surface area contributed by atoms with Crippen LogP contribution in [0.5, 0.6) is 5.75 Å². The molecule has 1 rings (SSSR count). The first kappa shape index (κ1) is 15.0. The van der Waals surface area contributed by atoms with Gasteiger partial charge in [-0.2, -0.15) is 0 Å². The Hall–Kier alpha value is -1.06. The Kier molecular flexibility index (Phi) is 8.26. The molecular weight excluding hydrogens is 226 g/mol. The van der Waals surface area contributed by atoms with Gasteiger partial charge in [-0.15, -0.1) is 0 Å². The summed E-state index contributed by atoms with van der Waals surface area (Å²) in [5, 5.41) is 3.22. The van der Waals surface area contributed by atoms with Crippen LogP contribution in [0.15, 0.2) is 24.3 Å². The molecule has 0 radical (unpaired) electrons. The fourth-order valence-corrected chi connectivity index (χ4v) is 1.63. The molecule has 18 heavy (non-hydrogen) atoms. The lowest BCUT2D eigenvalue weighted by Crippen LogP contribution is -2.19. The summed E-state index contributed by atoms with van der Waals surface area (Å²) < 4.78 is 11.2. The molecule has 0 spiro atoms. The summed E-state index contributed by atoms with van der Waals surface area (Å²) in [5.41, 5.74) is 1.31. The van der Waals surface area contributed by atoms with Crippen LogP contribution in [0.1, 0.15) is 25.8 Å². The maximum Gasteiger partial charge on any atom is 0.119 e. The van der Waals surface area contributed by atoms with Gasteiger partial charge in [0.2, 0.25) is 0 Å². The van der Waals surface area contributed by atoms with Crippen molar-refractivity contribution in [3.8, 4) is 5.75 Å². The lowest BCUT2D eigenvalue weighted by Gasteiger charge is -2.08. The minimum atomic E-state index is 0.717. The minimum absolute atomic E-state index is 0.717. The van der Waals surface area contributed by atoms with Gasteiger partial charge in [-0.25, -0.2) is 0 Å². The Morgan fingerprint density at radius 3 is 2.78 bits per heavy atom. The second kappa shape index (κ2) is 9.92. The largest absolute Gasteiger partial charge is 0.493 e. The SMILES string of the molecule is CCNCCOCCCOc1cccc(CC)c1. The highest BCUT2D eigenvalue weighted by atomic mass is 16.5. The van der Waals surface area contributed by atoms with E-state index < -0.39 is 0 Å². The highest BCUT2D eigenvalue weighted by Gasteiger charge is 1.95. The van der Waals surface area contributed by atoms with Gasteiger partial charge < -0.3 is 14.8 Å². The number of hydrogen-bond acceptors (Lipinski definition) is 3. The van der Waals surface area contributed by atoms with E-state index in [1.165, 1.54) is 5.56 Å². The molecule has 0 bridgehead atoms. The molecule has 0 atom stereocenters. The van der Waals surface area contributed by atoms with E-state index >= 15 is 0 Å². The Morgan fingerprint density at radius 2 is 2.00 bits per heavy atom. The summed E-state index contributed by atoms with van der Waals surface area (Å²) in [6.45, 7) is 8.43. The van der Waals surface area contributed by atoms with E-state index in [2.05, 4.69) is 31.3 Å². The number of benzene rings is 1. The van der Waals surface area contributed by atoms with Gasteiger partial charge >= 0.3 is 0 Å². The fraction of sp³-hybridized carbons (Fsp3) is 0.600. The number of rotatable bonds is 10. The quantitative estimate of drug-likeness (QED) is 0.648. The maximum absolute atomic E-state index is 5.68. The first-order chi connectivity index (χ1) is 8.86. The molecule has 0 heterocycles. The molecular formula is C15H25NO2. The normalized spacial score (nSPS) is 10.6. The van der Waals surface area contributed by atoms with E-state index in [1.54, 1.807) is 0 Å². The molecule has 1 aromatic rings. The molecule has 0 fully saturated rings. The zero-order valence-electron chi connectivity index (χ0n) is 11.6. The molecule has 3 nitrogen and oxygen atoms in total. The average Bonchev–Trinajstić information content (AvgIpc) is 2.42. The summed E-state index contributed by atoms with van der Waals surface area (Å²) in [6, 6.07) is 8.27. The molecule has 0 aromatic heterocycles. The molecule has 3 heteroatoms. The highest BCUT2D eigenvalue weighted by molar-refractivity contribution is 5.28. The van der Waals surface area contributed by atoms with Crippen LogP contribution in [0.2, 0.25) is 0 Å².